The van der Waals surface area contributed by atoms with Gasteiger partial charge in [-0.3, -0.25) is 0 Å². The molecule has 0 aromatic carbocycles. The summed E-state index contributed by atoms with van der Waals surface area (Å²) in [6.07, 6.45) is 0.319. The van der Waals surface area contributed by atoms with Crippen molar-refractivity contribution < 1.29 is 9.47 Å². The Kier molecular flexibility index (Phi) is 2.99. The highest BCUT2D eigenvalue weighted by atomic mass is 16.8. The van der Waals surface area contributed by atoms with Gasteiger partial charge in [-0.25, -0.2) is 0 Å². The van der Waals surface area contributed by atoms with Crippen LogP contribution < -0.4 is 0 Å². The molecule has 1 aliphatic heterocycles. The highest BCUT2D eigenvalue weighted by molar-refractivity contribution is 4.94. The third-order valence-corrected chi connectivity index (χ3v) is 2.80. The first-order valence-corrected chi connectivity index (χ1v) is 5.79. The molecule has 0 amide bonds. The van der Waals surface area contributed by atoms with Crippen LogP contribution in [0.4, 0.5) is 0 Å². The second-order valence-corrected chi connectivity index (χ2v) is 7.21. The Hall–Kier alpha value is -0.0800. The van der Waals surface area contributed by atoms with E-state index in [0.29, 0.717) is 0 Å². The minimum Gasteiger partial charge on any atom is -0.344 e. The molecule has 1 saturated heterocycles. The van der Waals surface area contributed by atoms with Gasteiger partial charge < -0.3 is 9.47 Å². The molecule has 0 aromatic rings. The summed E-state index contributed by atoms with van der Waals surface area (Å²) in [5, 5.41) is 0. The average molecular weight is 214 g/mol. The van der Waals surface area contributed by atoms with Gasteiger partial charge in [0.1, 0.15) is 0 Å². The van der Waals surface area contributed by atoms with E-state index in [1.807, 2.05) is 13.8 Å². The van der Waals surface area contributed by atoms with E-state index in [-0.39, 0.29) is 23.0 Å². The normalized spacial score (nSPS) is 32.0. The SMILES string of the molecule is CC1(C)O[C@@H](C(C)(C)C)[C@H](C(C)(C)C)O1. The number of rotatable bonds is 0. The van der Waals surface area contributed by atoms with Crippen LogP contribution in [-0.4, -0.2) is 18.0 Å². The Labute approximate surface area is 94.3 Å². The molecule has 2 atom stereocenters. The largest absolute Gasteiger partial charge is 0.344 e. The molecule has 1 rings (SSSR count). The minimum atomic E-state index is -0.449. The first kappa shape index (κ1) is 13.0. The molecule has 0 spiro atoms. The summed E-state index contributed by atoms with van der Waals surface area (Å²) in [7, 11) is 0. The Balaban J connectivity index is 2.95. The third kappa shape index (κ3) is 2.94. The first-order chi connectivity index (χ1) is 6.43. The molecule has 0 aromatic heterocycles. The van der Waals surface area contributed by atoms with Gasteiger partial charge in [-0.15, -0.1) is 0 Å². The highest BCUT2D eigenvalue weighted by Crippen LogP contribution is 2.44. The third-order valence-electron chi connectivity index (χ3n) is 2.80. The monoisotopic (exact) mass is 214 g/mol. The quantitative estimate of drug-likeness (QED) is 0.613. The maximum Gasteiger partial charge on any atom is 0.163 e. The van der Waals surface area contributed by atoms with Crippen molar-refractivity contribution in [2.24, 2.45) is 10.8 Å². The maximum absolute atomic E-state index is 6.03. The molecule has 15 heavy (non-hydrogen) atoms. The molecule has 0 aliphatic carbocycles. The molecule has 0 radical (unpaired) electrons. The van der Waals surface area contributed by atoms with Crippen molar-refractivity contribution in [1.82, 2.24) is 0 Å². The summed E-state index contributed by atoms with van der Waals surface area (Å²) >= 11 is 0. The van der Waals surface area contributed by atoms with Gasteiger partial charge in [0, 0.05) is 0 Å². The summed E-state index contributed by atoms with van der Waals surface area (Å²) in [4.78, 5) is 0. The zero-order valence-corrected chi connectivity index (χ0v) is 11.5. The summed E-state index contributed by atoms with van der Waals surface area (Å²) in [5.74, 6) is -0.449. The molecule has 0 N–H and O–H groups in total. The first-order valence-electron chi connectivity index (χ1n) is 5.79. The molecular formula is C13H26O2. The predicted octanol–water partition coefficient (Wildman–Crippen LogP) is 3.60. The van der Waals surface area contributed by atoms with Crippen LogP contribution in [0.25, 0.3) is 0 Å². The van der Waals surface area contributed by atoms with Gasteiger partial charge in [0.05, 0.1) is 12.2 Å². The maximum atomic E-state index is 6.03. The van der Waals surface area contributed by atoms with E-state index in [9.17, 15) is 0 Å². The zero-order valence-electron chi connectivity index (χ0n) is 11.5. The smallest absolute Gasteiger partial charge is 0.163 e. The number of ether oxygens (including phenoxy) is 2. The van der Waals surface area contributed by atoms with Crippen molar-refractivity contribution in [2.75, 3.05) is 0 Å². The van der Waals surface area contributed by atoms with Crippen molar-refractivity contribution in [3.05, 3.63) is 0 Å². The number of hydrogen-bond donors (Lipinski definition) is 0. The van der Waals surface area contributed by atoms with Gasteiger partial charge >= 0.3 is 0 Å². The second kappa shape index (κ2) is 3.46. The van der Waals surface area contributed by atoms with Crippen molar-refractivity contribution >= 4 is 0 Å². The minimum absolute atomic E-state index is 0.117. The van der Waals surface area contributed by atoms with E-state index in [2.05, 4.69) is 41.5 Å². The molecule has 2 heteroatoms. The lowest BCUT2D eigenvalue weighted by Crippen LogP contribution is -2.42. The molecular weight excluding hydrogens is 188 g/mol. The molecule has 1 fully saturated rings. The van der Waals surface area contributed by atoms with Crippen LogP contribution in [0.15, 0.2) is 0 Å². The van der Waals surface area contributed by atoms with Gasteiger partial charge in [0.2, 0.25) is 0 Å². The van der Waals surface area contributed by atoms with Crippen LogP contribution in [0.2, 0.25) is 0 Å². The molecule has 1 heterocycles. The van der Waals surface area contributed by atoms with Gasteiger partial charge in [-0.1, -0.05) is 41.5 Å². The van der Waals surface area contributed by atoms with Crippen molar-refractivity contribution in [2.45, 2.75) is 73.4 Å². The van der Waals surface area contributed by atoms with E-state index in [0.717, 1.165) is 0 Å². The summed E-state index contributed by atoms with van der Waals surface area (Å²) in [6, 6.07) is 0. The van der Waals surface area contributed by atoms with E-state index in [1.165, 1.54) is 0 Å². The standard InChI is InChI=1S/C13H26O2/c1-11(2,3)9-10(12(4,5)6)15-13(7,8)14-9/h9-10H,1-8H3/t9-,10-/m1/s1. The van der Waals surface area contributed by atoms with Crippen LogP contribution in [0.3, 0.4) is 0 Å². The lowest BCUT2D eigenvalue weighted by Gasteiger charge is -2.36. The molecule has 2 nitrogen and oxygen atoms in total. The van der Waals surface area contributed by atoms with E-state index >= 15 is 0 Å². The Bertz CT molecular complexity index is 206. The lowest BCUT2D eigenvalue weighted by atomic mass is 9.76. The number of hydrogen-bond acceptors (Lipinski definition) is 2. The topological polar surface area (TPSA) is 18.5 Å². The van der Waals surface area contributed by atoms with Gasteiger partial charge in [-0.05, 0) is 24.7 Å². The van der Waals surface area contributed by atoms with Crippen LogP contribution in [0, 0.1) is 10.8 Å². The zero-order chi connectivity index (χ0) is 12.1. The van der Waals surface area contributed by atoms with Crippen LogP contribution >= 0.6 is 0 Å². The fourth-order valence-electron chi connectivity index (χ4n) is 2.02. The Morgan fingerprint density at radius 3 is 1.20 bits per heavy atom. The van der Waals surface area contributed by atoms with Crippen molar-refractivity contribution in [3.8, 4) is 0 Å². The molecule has 1 aliphatic rings. The second-order valence-electron chi connectivity index (χ2n) is 7.21. The molecule has 0 bridgehead atoms. The molecule has 90 valence electrons. The highest BCUT2D eigenvalue weighted by Gasteiger charge is 2.50. The fourth-order valence-corrected chi connectivity index (χ4v) is 2.02. The van der Waals surface area contributed by atoms with E-state index < -0.39 is 5.79 Å². The lowest BCUT2D eigenvalue weighted by molar-refractivity contribution is -0.159. The van der Waals surface area contributed by atoms with Gasteiger partial charge in [0.15, 0.2) is 5.79 Å². The summed E-state index contributed by atoms with van der Waals surface area (Å²) in [6.45, 7) is 17.3. The van der Waals surface area contributed by atoms with Crippen LogP contribution in [-0.2, 0) is 9.47 Å². The van der Waals surface area contributed by atoms with Gasteiger partial charge in [0.25, 0.3) is 0 Å². The van der Waals surface area contributed by atoms with Crippen molar-refractivity contribution in [1.29, 1.82) is 0 Å². The van der Waals surface area contributed by atoms with Crippen LogP contribution in [0.1, 0.15) is 55.4 Å². The van der Waals surface area contributed by atoms with Gasteiger partial charge in [-0.2, -0.15) is 0 Å². The Morgan fingerprint density at radius 2 is 1.00 bits per heavy atom. The van der Waals surface area contributed by atoms with E-state index in [4.69, 9.17) is 9.47 Å². The van der Waals surface area contributed by atoms with Crippen molar-refractivity contribution in [3.63, 3.8) is 0 Å². The fraction of sp³-hybridized carbons (Fsp3) is 1.00. The van der Waals surface area contributed by atoms with E-state index in [1.54, 1.807) is 0 Å². The van der Waals surface area contributed by atoms with Crippen LogP contribution in [0.5, 0.6) is 0 Å². The summed E-state index contributed by atoms with van der Waals surface area (Å²) in [5.41, 5.74) is 0.234. The average Bonchev–Trinajstić information content (AvgIpc) is 2.23. The molecule has 0 unspecified atom stereocenters. The summed E-state index contributed by atoms with van der Waals surface area (Å²) < 4.78 is 12.1. The molecule has 0 saturated carbocycles. The predicted molar refractivity (Wildman–Crippen MR) is 62.7 cm³/mol. The Morgan fingerprint density at radius 1 is 0.733 bits per heavy atom.